The summed E-state index contributed by atoms with van der Waals surface area (Å²) >= 11 is 0. The van der Waals surface area contributed by atoms with Crippen LogP contribution in [0.4, 0.5) is 0 Å². The molecule has 4 rings (SSSR count). The molecule has 0 aromatic carbocycles. The Kier molecular flexibility index (Phi) is 6.13. The van der Waals surface area contributed by atoms with Crippen LogP contribution in [-0.2, 0) is 17.6 Å². The second-order valence-electron chi connectivity index (χ2n) is 8.48. The minimum Gasteiger partial charge on any atom is -0.385 e. The number of nitrogens with zero attached hydrogens (tertiary/aromatic N) is 3. The first kappa shape index (κ1) is 18.9. The first-order chi connectivity index (χ1) is 13.3. The maximum absolute atomic E-state index is 13.4. The molecular weight excluding hydrogens is 340 g/mol. The molecule has 1 N–H and O–H groups in total. The minimum absolute atomic E-state index is 0.124. The third kappa shape index (κ3) is 4.06. The van der Waals surface area contributed by atoms with Gasteiger partial charge in [-0.15, -0.1) is 0 Å². The van der Waals surface area contributed by atoms with Crippen LogP contribution in [0, 0.1) is 5.92 Å². The van der Waals surface area contributed by atoms with Crippen molar-refractivity contribution in [3.8, 4) is 0 Å². The molecule has 1 aliphatic carbocycles. The number of rotatable bonds is 7. The number of ether oxygens (including phenoxy) is 1. The summed E-state index contributed by atoms with van der Waals surface area (Å²) in [6.45, 7) is 4.81. The highest BCUT2D eigenvalue weighted by molar-refractivity contribution is 5.94. The molecule has 1 amide bonds. The molecule has 0 bridgehead atoms. The lowest BCUT2D eigenvalue weighted by Gasteiger charge is -2.45. The van der Waals surface area contributed by atoms with E-state index in [9.17, 15) is 4.79 Å². The fourth-order valence-corrected chi connectivity index (χ4v) is 5.39. The summed E-state index contributed by atoms with van der Waals surface area (Å²) in [6.07, 6.45) is 10.5. The van der Waals surface area contributed by atoms with E-state index in [-0.39, 0.29) is 5.91 Å². The first-order valence-corrected chi connectivity index (χ1v) is 10.9. The van der Waals surface area contributed by atoms with Crippen molar-refractivity contribution < 1.29 is 9.53 Å². The van der Waals surface area contributed by atoms with E-state index in [0.717, 1.165) is 38.8 Å². The van der Waals surface area contributed by atoms with Crippen LogP contribution in [0.1, 0.15) is 66.7 Å². The molecule has 6 heteroatoms. The Balaban J connectivity index is 1.48. The monoisotopic (exact) mass is 374 g/mol. The Morgan fingerprint density at radius 3 is 3.00 bits per heavy atom. The minimum atomic E-state index is 0.124. The molecule has 27 heavy (non-hydrogen) atoms. The zero-order valence-corrected chi connectivity index (χ0v) is 16.7. The average Bonchev–Trinajstić information content (AvgIpc) is 3.31. The molecule has 1 aromatic heterocycles. The molecular formula is C21H34N4O2. The van der Waals surface area contributed by atoms with Gasteiger partial charge < -0.3 is 14.5 Å². The third-order valence-corrected chi connectivity index (χ3v) is 6.76. The molecule has 3 heterocycles. The summed E-state index contributed by atoms with van der Waals surface area (Å²) in [5, 5.41) is 7.51. The van der Waals surface area contributed by atoms with Crippen LogP contribution < -0.4 is 0 Å². The molecule has 2 atom stereocenters. The van der Waals surface area contributed by atoms with Crippen LogP contribution >= 0.6 is 0 Å². The molecule has 1 aromatic rings. The van der Waals surface area contributed by atoms with Crippen molar-refractivity contribution >= 4 is 5.91 Å². The van der Waals surface area contributed by atoms with Crippen LogP contribution in [0.15, 0.2) is 0 Å². The van der Waals surface area contributed by atoms with E-state index >= 15 is 0 Å². The number of hydrogen-bond acceptors (Lipinski definition) is 4. The molecule has 0 saturated carbocycles. The number of piperidine rings is 2. The third-order valence-electron chi connectivity index (χ3n) is 6.76. The Labute approximate surface area is 162 Å². The Bertz CT molecular complexity index is 642. The standard InChI is InChI=1S/C21H34N4O2/c1-27-14-6-13-25(21(26)20-17-8-4-9-18(17)22-23-20)15-16-7-5-12-24-11-3-2-10-19(16)24/h16,19H,2-15H2,1H3,(H,22,23)/t16-,19-/m1/s1. The highest BCUT2D eigenvalue weighted by Crippen LogP contribution is 2.32. The van der Waals surface area contributed by atoms with E-state index < -0.39 is 0 Å². The van der Waals surface area contributed by atoms with Crippen LogP contribution in [0.25, 0.3) is 0 Å². The van der Waals surface area contributed by atoms with E-state index in [1.165, 1.54) is 56.5 Å². The number of carbonyl (C=O) groups is 1. The number of aromatic amines is 1. The zero-order chi connectivity index (χ0) is 18.6. The SMILES string of the molecule is COCCCN(C[C@H]1CCCN2CCCC[C@H]12)C(=O)c1n[nH]c2c1CCC2. The highest BCUT2D eigenvalue weighted by Gasteiger charge is 2.35. The summed E-state index contributed by atoms with van der Waals surface area (Å²) in [6, 6.07) is 0.662. The fourth-order valence-electron chi connectivity index (χ4n) is 5.39. The number of fused-ring (bicyclic) bond motifs is 2. The van der Waals surface area contributed by atoms with Gasteiger partial charge in [0.05, 0.1) is 0 Å². The summed E-state index contributed by atoms with van der Waals surface area (Å²) in [7, 11) is 1.73. The quantitative estimate of drug-likeness (QED) is 0.746. The lowest BCUT2D eigenvalue weighted by atomic mass is 9.83. The normalized spacial score (nSPS) is 25.2. The summed E-state index contributed by atoms with van der Waals surface area (Å²) in [5.41, 5.74) is 3.02. The van der Waals surface area contributed by atoms with Crippen molar-refractivity contribution in [2.75, 3.05) is 39.9 Å². The van der Waals surface area contributed by atoms with E-state index in [2.05, 4.69) is 20.0 Å². The van der Waals surface area contributed by atoms with Gasteiger partial charge in [-0.2, -0.15) is 5.10 Å². The number of H-pyrrole nitrogens is 1. The van der Waals surface area contributed by atoms with Crippen molar-refractivity contribution in [1.29, 1.82) is 0 Å². The second kappa shape index (κ2) is 8.74. The smallest absolute Gasteiger partial charge is 0.274 e. The molecule has 2 saturated heterocycles. The van der Waals surface area contributed by atoms with E-state index in [1.54, 1.807) is 7.11 Å². The van der Waals surface area contributed by atoms with Gasteiger partial charge in [-0.1, -0.05) is 6.42 Å². The number of amides is 1. The van der Waals surface area contributed by atoms with Crippen LogP contribution in [0.3, 0.4) is 0 Å². The number of hydrogen-bond donors (Lipinski definition) is 1. The molecule has 6 nitrogen and oxygen atoms in total. The fraction of sp³-hybridized carbons (Fsp3) is 0.810. The largest absolute Gasteiger partial charge is 0.385 e. The number of methoxy groups -OCH3 is 1. The molecule has 3 aliphatic rings. The topological polar surface area (TPSA) is 61.5 Å². The van der Waals surface area contributed by atoms with Gasteiger partial charge in [-0.05, 0) is 70.4 Å². The van der Waals surface area contributed by atoms with Gasteiger partial charge in [-0.25, -0.2) is 0 Å². The first-order valence-electron chi connectivity index (χ1n) is 10.9. The molecule has 150 valence electrons. The Morgan fingerprint density at radius 2 is 2.11 bits per heavy atom. The maximum atomic E-state index is 13.4. The number of aromatic nitrogens is 2. The lowest BCUT2D eigenvalue weighted by molar-refractivity contribution is 0.0344. The van der Waals surface area contributed by atoms with Gasteiger partial charge in [0.1, 0.15) is 0 Å². The zero-order valence-electron chi connectivity index (χ0n) is 16.7. The number of aryl methyl sites for hydroxylation is 1. The van der Waals surface area contributed by atoms with Gasteiger partial charge in [-0.3, -0.25) is 9.89 Å². The van der Waals surface area contributed by atoms with Crippen LogP contribution in [0.5, 0.6) is 0 Å². The van der Waals surface area contributed by atoms with E-state index in [0.29, 0.717) is 24.3 Å². The van der Waals surface area contributed by atoms with Gasteiger partial charge in [0.15, 0.2) is 5.69 Å². The van der Waals surface area contributed by atoms with Crippen molar-refractivity contribution in [2.24, 2.45) is 5.92 Å². The van der Waals surface area contributed by atoms with Crippen molar-refractivity contribution in [3.63, 3.8) is 0 Å². The van der Waals surface area contributed by atoms with E-state index in [1.807, 2.05) is 0 Å². The molecule has 0 spiro atoms. The molecule has 0 unspecified atom stereocenters. The summed E-state index contributed by atoms with van der Waals surface area (Å²) < 4.78 is 5.24. The highest BCUT2D eigenvalue weighted by atomic mass is 16.5. The maximum Gasteiger partial charge on any atom is 0.274 e. The van der Waals surface area contributed by atoms with Crippen molar-refractivity contribution in [1.82, 2.24) is 20.0 Å². The molecule has 0 radical (unpaired) electrons. The van der Waals surface area contributed by atoms with Crippen LogP contribution in [-0.4, -0.2) is 71.8 Å². The summed E-state index contributed by atoms with van der Waals surface area (Å²) in [4.78, 5) is 18.1. The van der Waals surface area contributed by atoms with Crippen molar-refractivity contribution in [2.45, 2.75) is 63.8 Å². The predicted molar refractivity (Wildman–Crippen MR) is 105 cm³/mol. The van der Waals surface area contributed by atoms with Gasteiger partial charge in [0.2, 0.25) is 0 Å². The lowest BCUT2D eigenvalue weighted by Crippen LogP contribution is -2.51. The number of carbonyl (C=O) groups excluding carboxylic acids is 1. The Hall–Kier alpha value is -1.40. The summed E-state index contributed by atoms with van der Waals surface area (Å²) in [5.74, 6) is 0.718. The van der Waals surface area contributed by atoms with Crippen LogP contribution in [0.2, 0.25) is 0 Å². The molecule has 2 fully saturated rings. The molecule has 2 aliphatic heterocycles. The Morgan fingerprint density at radius 1 is 1.22 bits per heavy atom. The van der Waals surface area contributed by atoms with Crippen molar-refractivity contribution in [3.05, 3.63) is 17.0 Å². The van der Waals surface area contributed by atoms with Gasteiger partial charge in [0.25, 0.3) is 5.91 Å². The van der Waals surface area contributed by atoms with Gasteiger partial charge >= 0.3 is 0 Å². The van der Waals surface area contributed by atoms with Gasteiger partial charge in [0, 0.05) is 44.1 Å². The number of nitrogens with one attached hydrogen (secondary N) is 1. The second-order valence-corrected chi connectivity index (χ2v) is 8.48. The van der Waals surface area contributed by atoms with E-state index in [4.69, 9.17) is 4.74 Å². The predicted octanol–water partition coefficient (Wildman–Crippen LogP) is 2.64. The average molecular weight is 375 g/mol.